The van der Waals surface area contributed by atoms with Gasteiger partial charge in [-0.25, -0.2) is 4.98 Å². The van der Waals surface area contributed by atoms with E-state index in [4.69, 9.17) is 17.3 Å². The number of thiazole rings is 1. The Kier molecular flexibility index (Phi) is 14.8. The fraction of sp³-hybridized carbons (Fsp3) is 0.500. The molecule has 12 nitrogen and oxygen atoms in total. The quantitative estimate of drug-likeness (QED) is 0.116. The van der Waals surface area contributed by atoms with Crippen LogP contribution in [-0.4, -0.2) is 69.3 Å². The molecule has 4 rings (SSSR count). The first-order valence-electron chi connectivity index (χ1n) is 18.4. The van der Waals surface area contributed by atoms with Crippen LogP contribution < -0.4 is 21.7 Å². The molecule has 1 aliphatic rings. The van der Waals surface area contributed by atoms with E-state index in [1.807, 2.05) is 70.5 Å². The van der Waals surface area contributed by atoms with Crippen LogP contribution in [0.5, 0.6) is 0 Å². The molecule has 0 aliphatic carbocycles. The standard InChI is InChI=1S/C40H53ClN6O6S/c1-23(14-19-32(42)49)37(51)45-30-12-9-11-27(34(30)41)10-7-8-13-33(50)46-36(40(4,5)6)39(53)47-21-29(48)20-31(47)38(52)44-24(2)26-15-17-28(18-16-26)35-25(3)43-22-54-35/h9,11-12,15-18,22-24,29,31,36,48H,7-8,10,13-14,19-21H2,1-6H3,(H2,42,49)(H,44,52)(H,45,51)(H,46,50)/t23?,24-,29+,31-,36+/m0/s1. The van der Waals surface area contributed by atoms with Gasteiger partial charge in [0.15, 0.2) is 0 Å². The van der Waals surface area contributed by atoms with Gasteiger partial charge in [0.1, 0.15) is 12.1 Å². The van der Waals surface area contributed by atoms with Crippen LogP contribution in [0.3, 0.4) is 0 Å². The van der Waals surface area contributed by atoms with Crippen molar-refractivity contribution < 1.29 is 29.1 Å². The van der Waals surface area contributed by atoms with E-state index in [9.17, 15) is 29.1 Å². The van der Waals surface area contributed by atoms with Gasteiger partial charge in [0.2, 0.25) is 29.5 Å². The number of aromatic nitrogens is 1. The van der Waals surface area contributed by atoms with Gasteiger partial charge in [-0.15, -0.1) is 11.3 Å². The maximum absolute atomic E-state index is 14.0. The van der Waals surface area contributed by atoms with Crippen LogP contribution in [0, 0.1) is 18.3 Å². The van der Waals surface area contributed by atoms with Gasteiger partial charge in [0.05, 0.1) is 38.9 Å². The molecule has 2 aromatic carbocycles. The highest BCUT2D eigenvalue weighted by molar-refractivity contribution is 7.13. The second-order valence-electron chi connectivity index (χ2n) is 15.3. The van der Waals surface area contributed by atoms with Gasteiger partial charge < -0.3 is 31.7 Å². The number of nitrogens with one attached hydrogen (secondary N) is 3. The zero-order valence-electron chi connectivity index (χ0n) is 31.9. The minimum Gasteiger partial charge on any atom is -0.391 e. The number of β-amino-alcohol motifs (C(OH)–C–C–N with tert-alkyl or cyclic N) is 1. The van der Waals surface area contributed by atoms with Gasteiger partial charge in [-0.05, 0) is 67.7 Å². The predicted octanol–water partition coefficient (Wildman–Crippen LogP) is 5.69. The number of anilines is 1. The monoisotopic (exact) mass is 780 g/mol. The summed E-state index contributed by atoms with van der Waals surface area (Å²) >= 11 is 8.19. The molecule has 1 unspecified atom stereocenters. The van der Waals surface area contributed by atoms with Crippen molar-refractivity contribution in [2.24, 2.45) is 17.1 Å². The lowest BCUT2D eigenvalue weighted by Crippen LogP contribution is -2.57. The molecule has 14 heteroatoms. The van der Waals surface area contributed by atoms with E-state index in [1.165, 1.54) is 4.90 Å². The Labute approximate surface area is 326 Å². The molecule has 0 bridgehead atoms. The van der Waals surface area contributed by atoms with Crippen LogP contribution in [0.25, 0.3) is 10.4 Å². The van der Waals surface area contributed by atoms with Gasteiger partial charge in [0.25, 0.3) is 0 Å². The second-order valence-corrected chi connectivity index (χ2v) is 16.5. The largest absolute Gasteiger partial charge is 0.391 e. The third kappa shape index (κ3) is 11.3. The number of carbonyl (C=O) groups excluding carboxylic acids is 5. The van der Waals surface area contributed by atoms with E-state index in [2.05, 4.69) is 20.9 Å². The number of likely N-dealkylation sites (tertiary alicyclic amines) is 1. The molecule has 6 N–H and O–H groups in total. The van der Waals surface area contributed by atoms with Crippen molar-refractivity contribution in [1.29, 1.82) is 0 Å². The van der Waals surface area contributed by atoms with Crippen molar-refractivity contribution in [3.63, 3.8) is 0 Å². The van der Waals surface area contributed by atoms with E-state index in [0.717, 1.165) is 27.3 Å². The van der Waals surface area contributed by atoms with Crippen molar-refractivity contribution in [3.8, 4) is 10.4 Å². The molecule has 5 amide bonds. The highest BCUT2D eigenvalue weighted by Gasteiger charge is 2.44. The average molecular weight is 781 g/mol. The number of unbranched alkanes of at least 4 members (excludes halogenated alkanes) is 1. The van der Waals surface area contributed by atoms with Crippen LogP contribution in [0.2, 0.25) is 5.02 Å². The topological polar surface area (TPSA) is 184 Å². The molecular weight excluding hydrogens is 728 g/mol. The summed E-state index contributed by atoms with van der Waals surface area (Å²) < 4.78 is 0. The molecule has 1 aromatic heterocycles. The fourth-order valence-corrected chi connectivity index (χ4v) is 7.54. The zero-order chi connectivity index (χ0) is 39.7. The number of carbonyl (C=O) groups is 5. The number of rotatable bonds is 16. The van der Waals surface area contributed by atoms with Crippen molar-refractivity contribution >= 4 is 58.2 Å². The van der Waals surface area contributed by atoms with Crippen molar-refractivity contribution in [1.82, 2.24) is 20.5 Å². The van der Waals surface area contributed by atoms with Crippen LogP contribution in [0.1, 0.15) is 96.0 Å². The molecule has 3 aromatic rings. The Morgan fingerprint density at radius 2 is 1.74 bits per heavy atom. The number of benzene rings is 2. The van der Waals surface area contributed by atoms with Gasteiger partial charge in [-0.1, -0.05) is 75.7 Å². The third-order valence-electron chi connectivity index (χ3n) is 9.77. The average Bonchev–Trinajstić information content (AvgIpc) is 3.73. The molecule has 1 fully saturated rings. The molecule has 0 radical (unpaired) electrons. The maximum atomic E-state index is 14.0. The van der Waals surface area contributed by atoms with Gasteiger partial charge in [0, 0.05) is 31.7 Å². The summed E-state index contributed by atoms with van der Waals surface area (Å²) in [4.78, 5) is 71.3. The Morgan fingerprint density at radius 3 is 2.37 bits per heavy atom. The lowest BCUT2D eigenvalue weighted by Gasteiger charge is -2.35. The van der Waals surface area contributed by atoms with Gasteiger partial charge in [-0.2, -0.15) is 0 Å². The van der Waals surface area contributed by atoms with Crippen LogP contribution in [-0.2, 0) is 30.4 Å². The highest BCUT2D eigenvalue weighted by atomic mass is 35.5. The van der Waals surface area contributed by atoms with Crippen molar-refractivity contribution in [3.05, 3.63) is 69.8 Å². The molecule has 1 aliphatic heterocycles. The van der Waals surface area contributed by atoms with Crippen molar-refractivity contribution in [2.75, 3.05) is 11.9 Å². The van der Waals surface area contributed by atoms with Crippen LogP contribution in [0.15, 0.2) is 48.0 Å². The number of aliphatic hydroxyl groups excluding tert-OH is 1. The van der Waals surface area contributed by atoms with Gasteiger partial charge in [-0.3, -0.25) is 24.0 Å². The Hall–Kier alpha value is -4.33. The smallest absolute Gasteiger partial charge is 0.246 e. The number of nitrogens with two attached hydrogens (primary N) is 1. The minimum atomic E-state index is -0.925. The lowest BCUT2D eigenvalue weighted by atomic mass is 9.85. The molecular formula is C40H53ClN6O6S. The van der Waals surface area contributed by atoms with Crippen LogP contribution >= 0.6 is 22.9 Å². The molecule has 2 heterocycles. The summed E-state index contributed by atoms with van der Waals surface area (Å²) in [6.45, 7) is 11.1. The van der Waals surface area contributed by atoms with Crippen LogP contribution in [0.4, 0.5) is 5.69 Å². The summed E-state index contributed by atoms with van der Waals surface area (Å²) in [6, 6.07) is 11.1. The summed E-state index contributed by atoms with van der Waals surface area (Å²) in [5.41, 5.74) is 10.5. The number of nitrogens with zero attached hydrogens (tertiary/aromatic N) is 2. The number of amides is 5. The molecule has 54 heavy (non-hydrogen) atoms. The Balaban J connectivity index is 1.31. The Morgan fingerprint density at radius 1 is 1.04 bits per heavy atom. The lowest BCUT2D eigenvalue weighted by molar-refractivity contribution is -0.144. The molecule has 1 saturated heterocycles. The number of halogens is 1. The minimum absolute atomic E-state index is 0.0107. The van der Waals surface area contributed by atoms with Crippen molar-refractivity contribution in [2.45, 2.75) is 111 Å². The summed E-state index contributed by atoms with van der Waals surface area (Å²) in [6.07, 6.45) is 1.54. The normalized spacial score (nSPS) is 17.4. The molecule has 292 valence electrons. The van der Waals surface area contributed by atoms with E-state index in [0.29, 0.717) is 36.4 Å². The number of aryl methyl sites for hydroxylation is 2. The number of aliphatic hydroxyl groups is 1. The zero-order valence-corrected chi connectivity index (χ0v) is 33.5. The first-order valence-corrected chi connectivity index (χ1v) is 19.7. The van der Waals surface area contributed by atoms with Gasteiger partial charge >= 0.3 is 0 Å². The first kappa shape index (κ1) is 42.4. The molecule has 0 spiro atoms. The SMILES string of the molecule is Cc1ncsc1-c1ccc([C@H](C)NC(=O)[C@@H]2C[C@@H](O)CN2C(=O)[C@@H](NC(=O)CCCCc2cccc(NC(=O)C(C)CCC(N)=O)c2Cl)C(C)(C)C)cc1. The number of hydrogen-bond donors (Lipinski definition) is 5. The number of primary amides is 1. The second kappa shape index (κ2) is 18.8. The molecule has 5 atom stereocenters. The van der Waals surface area contributed by atoms with E-state index in [1.54, 1.807) is 30.4 Å². The number of hydrogen-bond acceptors (Lipinski definition) is 8. The van der Waals surface area contributed by atoms with E-state index in [-0.39, 0.29) is 49.6 Å². The Bertz CT molecular complexity index is 1810. The molecule has 0 saturated carbocycles. The summed E-state index contributed by atoms with van der Waals surface area (Å²) in [5, 5.41) is 19.8. The first-order chi connectivity index (χ1) is 25.5. The maximum Gasteiger partial charge on any atom is 0.246 e. The predicted molar refractivity (Wildman–Crippen MR) is 212 cm³/mol. The van der Waals surface area contributed by atoms with E-state index >= 15 is 0 Å². The van der Waals surface area contributed by atoms with E-state index < -0.39 is 41.3 Å². The fourth-order valence-electron chi connectivity index (χ4n) is 6.46. The summed E-state index contributed by atoms with van der Waals surface area (Å²) in [7, 11) is 0. The third-order valence-corrected chi connectivity index (χ3v) is 11.2. The summed E-state index contributed by atoms with van der Waals surface area (Å²) in [5.74, 6) is -2.23. The highest BCUT2D eigenvalue weighted by Crippen LogP contribution is 2.31.